The van der Waals surface area contributed by atoms with E-state index in [-0.39, 0.29) is 16.9 Å². The Morgan fingerprint density at radius 1 is 1.48 bits per heavy atom. The number of nitrogens with one attached hydrogen (secondary N) is 1. The molecule has 6 nitrogen and oxygen atoms in total. The molecule has 3 heterocycles. The number of halogens is 4. The van der Waals surface area contributed by atoms with E-state index in [4.69, 9.17) is 11.6 Å². The van der Waals surface area contributed by atoms with Crippen molar-refractivity contribution < 1.29 is 18.0 Å². The van der Waals surface area contributed by atoms with Gasteiger partial charge in [-0.05, 0) is 25.1 Å². The van der Waals surface area contributed by atoms with Crippen molar-refractivity contribution in [3.05, 3.63) is 40.8 Å². The number of aromatic nitrogens is 3. The summed E-state index contributed by atoms with van der Waals surface area (Å²) in [5.41, 5.74) is -1.71. The van der Waals surface area contributed by atoms with Gasteiger partial charge in [0.25, 0.3) is 5.91 Å². The molecule has 1 atom stereocenters. The quantitative estimate of drug-likeness (QED) is 0.897. The summed E-state index contributed by atoms with van der Waals surface area (Å²) in [6, 6.07) is 2.74. The fraction of sp³-hybridized carbons (Fsp3) is 0.400. The predicted octanol–water partition coefficient (Wildman–Crippen LogP) is 2.37. The highest BCUT2D eigenvalue weighted by molar-refractivity contribution is 6.32. The minimum absolute atomic E-state index is 0.00319. The van der Waals surface area contributed by atoms with E-state index in [0.717, 1.165) is 12.7 Å². The van der Waals surface area contributed by atoms with Crippen molar-refractivity contribution in [1.29, 1.82) is 0 Å². The summed E-state index contributed by atoms with van der Waals surface area (Å²) < 4.78 is 41.5. The van der Waals surface area contributed by atoms with Gasteiger partial charge in [-0.25, -0.2) is 9.67 Å². The molecule has 0 aromatic carbocycles. The Hall–Kier alpha value is -2.13. The van der Waals surface area contributed by atoms with Gasteiger partial charge < -0.3 is 10.2 Å². The molecule has 25 heavy (non-hydrogen) atoms. The number of amides is 1. The number of hydrogen-bond donors (Lipinski definition) is 1. The Bertz CT molecular complexity index is 786. The zero-order valence-corrected chi connectivity index (χ0v) is 14.0. The molecule has 2 aromatic rings. The van der Waals surface area contributed by atoms with Crippen molar-refractivity contribution >= 4 is 17.5 Å². The maximum Gasteiger partial charge on any atom is 0.434 e. The highest BCUT2D eigenvalue weighted by atomic mass is 35.5. The Kier molecular flexibility index (Phi) is 4.70. The van der Waals surface area contributed by atoms with Crippen LogP contribution in [0.15, 0.2) is 24.5 Å². The molecular weight excluding hydrogens is 359 g/mol. The minimum atomic E-state index is -4.79. The lowest BCUT2D eigenvalue weighted by atomic mass is 10.1. The molecule has 3 rings (SSSR count). The molecule has 0 bridgehead atoms. The fourth-order valence-electron chi connectivity index (χ4n) is 2.80. The lowest BCUT2D eigenvalue weighted by Gasteiger charge is -2.24. The number of pyridine rings is 1. The fourth-order valence-corrected chi connectivity index (χ4v) is 3.00. The predicted molar refractivity (Wildman–Crippen MR) is 84.7 cm³/mol. The highest BCUT2D eigenvalue weighted by Gasteiger charge is 2.42. The molecular formula is C15H15ClF3N5O. The van der Waals surface area contributed by atoms with Crippen LogP contribution < -0.4 is 5.32 Å². The maximum absolute atomic E-state index is 13.6. The third kappa shape index (κ3) is 3.34. The van der Waals surface area contributed by atoms with Gasteiger partial charge in [0.1, 0.15) is 0 Å². The number of carbonyl (C=O) groups excluding carboxylic acids is 1. The van der Waals surface area contributed by atoms with E-state index in [9.17, 15) is 18.0 Å². The first kappa shape index (κ1) is 17.7. The van der Waals surface area contributed by atoms with Crippen molar-refractivity contribution in [1.82, 2.24) is 25.0 Å². The third-order valence-electron chi connectivity index (χ3n) is 4.11. The second-order valence-corrected chi connectivity index (χ2v) is 6.10. The van der Waals surface area contributed by atoms with Crippen LogP contribution in [0, 0.1) is 0 Å². The number of hydrogen-bond acceptors (Lipinski definition) is 4. The van der Waals surface area contributed by atoms with Crippen LogP contribution in [0.2, 0.25) is 5.02 Å². The van der Waals surface area contributed by atoms with Crippen molar-refractivity contribution in [3.8, 4) is 5.82 Å². The van der Waals surface area contributed by atoms with Gasteiger partial charge >= 0.3 is 6.18 Å². The molecule has 2 aromatic heterocycles. The SMILES string of the molecule is CN(C(=O)c1cnn(-c2ncccc2Cl)c1C(F)(F)F)[C@@H]1CCNC1. The summed E-state index contributed by atoms with van der Waals surface area (Å²) in [6.07, 6.45) is -1.89. The number of likely N-dealkylation sites (N-methyl/N-ethyl adjacent to an activating group) is 1. The Morgan fingerprint density at radius 3 is 2.84 bits per heavy atom. The first-order chi connectivity index (χ1) is 11.8. The van der Waals surface area contributed by atoms with Gasteiger partial charge in [0, 0.05) is 25.8 Å². The second-order valence-electron chi connectivity index (χ2n) is 5.69. The van der Waals surface area contributed by atoms with Gasteiger partial charge in [0.2, 0.25) is 0 Å². The normalized spacial score (nSPS) is 17.7. The van der Waals surface area contributed by atoms with Gasteiger partial charge in [0.15, 0.2) is 11.5 Å². The molecule has 1 N–H and O–H groups in total. The van der Waals surface area contributed by atoms with Crippen LogP contribution in [0.25, 0.3) is 5.82 Å². The summed E-state index contributed by atoms with van der Waals surface area (Å²) >= 11 is 5.94. The van der Waals surface area contributed by atoms with Crippen LogP contribution >= 0.6 is 11.6 Å². The zero-order valence-electron chi connectivity index (χ0n) is 13.2. The van der Waals surface area contributed by atoms with Gasteiger partial charge in [-0.3, -0.25) is 4.79 Å². The number of alkyl halides is 3. The van der Waals surface area contributed by atoms with Crippen molar-refractivity contribution in [3.63, 3.8) is 0 Å². The van der Waals surface area contributed by atoms with E-state index in [1.807, 2.05) is 0 Å². The van der Waals surface area contributed by atoms with Crippen LogP contribution in [0.5, 0.6) is 0 Å². The van der Waals surface area contributed by atoms with E-state index in [1.165, 1.54) is 30.3 Å². The van der Waals surface area contributed by atoms with Gasteiger partial charge in [-0.15, -0.1) is 0 Å². The Labute approximate surface area is 146 Å². The lowest BCUT2D eigenvalue weighted by Crippen LogP contribution is -2.39. The minimum Gasteiger partial charge on any atom is -0.337 e. The third-order valence-corrected chi connectivity index (χ3v) is 4.41. The van der Waals surface area contributed by atoms with Gasteiger partial charge in [-0.2, -0.15) is 18.3 Å². The number of rotatable bonds is 3. The average molecular weight is 374 g/mol. The summed E-state index contributed by atoms with van der Waals surface area (Å²) in [7, 11) is 1.49. The standard InChI is InChI=1S/C15H15ClF3N5O/c1-23(9-4-6-20-7-9)14(25)10-8-22-24(12(10)15(17,18)19)13-11(16)3-2-5-21-13/h2-3,5,8-9,20H,4,6-7H2,1H3/t9-/m1/s1. The molecule has 0 spiro atoms. The zero-order chi connectivity index (χ0) is 18.2. The van der Waals surface area contributed by atoms with Crippen LogP contribution in [-0.4, -0.2) is 51.8 Å². The van der Waals surface area contributed by atoms with E-state index in [2.05, 4.69) is 15.4 Å². The molecule has 0 saturated carbocycles. The molecule has 1 fully saturated rings. The highest BCUT2D eigenvalue weighted by Crippen LogP contribution is 2.35. The van der Waals surface area contributed by atoms with E-state index >= 15 is 0 Å². The molecule has 1 aliphatic rings. The monoisotopic (exact) mass is 373 g/mol. The first-order valence-corrected chi connectivity index (χ1v) is 7.92. The van der Waals surface area contributed by atoms with E-state index in [1.54, 1.807) is 0 Å². The first-order valence-electron chi connectivity index (χ1n) is 7.54. The molecule has 10 heteroatoms. The summed E-state index contributed by atoms with van der Waals surface area (Å²) in [6.45, 7) is 1.26. The molecule has 1 aliphatic heterocycles. The molecule has 1 amide bonds. The van der Waals surface area contributed by atoms with Crippen molar-refractivity contribution in [2.75, 3.05) is 20.1 Å². The Balaban J connectivity index is 2.06. The topological polar surface area (TPSA) is 63.1 Å². The molecule has 0 unspecified atom stereocenters. The second kappa shape index (κ2) is 6.64. The van der Waals surface area contributed by atoms with E-state index in [0.29, 0.717) is 17.6 Å². The Morgan fingerprint density at radius 2 is 2.24 bits per heavy atom. The largest absolute Gasteiger partial charge is 0.434 e. The van der Waals surface area contributed by atoms with Crippen molar-refractivity contribution in [2.45, 2.75) is 18.6 Å². The van der Waals surface area contributed by atoms with Crippen LogP contribution in [-0.2, 0) is 6.18 Å². The van der Waals surface area contributed by atoms with Gasteiger partial charge in [-0.1, -0.05) is 11.6 Å². The average Bonchev–Trinajstić information content (AvgIpc) is 3.23. The smallest absolute Gasteiger partial charge is 0.337 e. The maximum atomic E-state index is 13.6. The van der Waals surface area contributed by atoms with Crippen molar-refractivity contribution in [2.24, 2.45) is 0 Å². The lowest BCUT2D eigenvalue weighted by molar-refractivity contribution is -0.143. The van der Waals surface area contributed by atoms with Crippen LogP contribution in [0.4, 0.5) is 13.2 Å². The summed E-state index contributed by atoms with van der Waals surface area (Å²) in [5, 5.41) is 6.81. The number of carbonyl (C=O) groups is 1. The van der Waals surface area contributed by atoms with Crippen LogP contribution in [0.3, 0.4) is 0 Å². The number of nitrogens with zero attached hydrogens (tertiary/aromatic N) is 4. The molecule has 0 aliphatic carbocycles. The molecule has 0 radical (unpaired) electrons. The molecule has 1 saturated heterocycles. The van der Waals surface area contributed by atoms with E-state index < -0.39 is 23.3 Å². The summed E-state index contributed by atoms with van der Waals surface area (Å²) in [4.78, 5) is 17.8. The molecule has 134 valence electrons. The summed E-state index contributed by atoms with van der Waals surface area (Å²) in [5.74, 6) is -0.917. The van der Waals surface area contributed by atoms with Gasteiger partial charge in [0.05, 0.1) is 16.8 Å². The van der Waals surface area contributed by atoms with Crippen LogP contribution in [0.1, 0.15) is 22.5 Å².